The standard InChI is InChI=1S/C25H22ClNO5/c1-3-27-24(31)14-6-5-13-15(21(14)25(27)32)10-17-19(29)8-11(2)23(30)22(17)20(13)16-9-12(26)4-7-18(16)28/h4-5,7-9,14-15,20-21,28H,3,6,10H2,1-2H3/t14-,15+,20+,21-/m0/s1. The van der Waals surface area contributed by atoms with Gasteiger partial charge in [0.25, 0.3) is 0 Å². The van der Waals surface area contributed by atoms with Gasteiger partial charge in [0, 0.05) is 39.8 Å². The summed E-state index contributed by atoms with van der Waals surface area (Å²) in [6.45, 7) is 3.68. The fourth-order valence-electron chi connectivity index (χ4n) is 5.85. The SMILES string of the molecule is CCN1C(=O)[C@H]2[C@H](CC=C3[C@H](c4cc(Cl)ccc4O)C4=C(C[C@H]32)C(=O)C=C(C)C4=O)C1=O. The fourth-order valence-corrected chi connectivity index (χ4v) is 6.03. The summed E-state index contributed by atoms with van der Waals surface area (Å²) in [4.78, 5) is 53.5. The molecule has 1 fully saturated rings. The minimum atomic E-state index is -0.693. The number of allylic oxidation sites excluding steroid dienone is 6. The molecule has 6 nitrogen and oxygen atoms in total. The molecule has 0 spiro atoms. The van der Waals surface area contributed by atoms with E-state index in [2.05, 4.69) is 0 Å². The van der Waals surface area contributed by atoms with Crippen LogP contribution in [0.25, 0.3) is 0 Å². The van der Waals surface area contributed by atoms with Gasteiger partial charge in [-0.15, -0.1) is 0 Å². The first-order valence-electron chi connectivity index (χ1n) is 10.8. The number of hydrogen-bond donors (Lipinski definition) is 1. The molecule has 0 aromatic heterocycles. The molecule has 1 N–H and O–H groups in total. The minimum absolute atomic E-state index is 0.0358. The molecule has 3 aliphatic carbocycles. The van der Waals surface area contributed by atoms with Crippen LogP contribution in [0.3, 0.4) is 0 Å². The lowest BCUT2D eigenvalue weighted by Gasteiger charge is -2.42. The summed E-state index contributed by atoms with van der Waals surface area (Å²) in [6, 6.07) is 4.63. The second kappa shape index (κ2) is 7.27. The number of nitrogens with zero attached hydrogens (tertiary/aromatic N) is 1. The van der Waals surface area contributed by atoms with E-state index in [0.717, 1.165) is 5.57 Å². The highest BCUT2D eigenvalue weighted by molar-refractivity contribution is 6.30. The molecule has 32 heavy (non-hydrogen) atoms. The Morgan fingerprint density at radius 2 is 1.88 bits per heavy atom. The third-order valence-electron chi connectivity index (χ3n) is 7.27. The second-order valence-electron chi connectivity index (χ2n) is 8.85. The molecule has 4 atom stereocenters. The molecule has 1 heterocycles. The number of phenols is 1. The molecule has 0 bridgehead atoms. The summed E-state index contributed by atoms with van der Waals surface area (Å²) in [5, 5.41) is 11.1. The first-order valence-corrected chi connectivity index (χ1v) is 11.2. The average molecular weight is 452 g/mol. The highest BCUT2D eigenvalue weighted by Gasteiger charge is 2.56. The number of hydrogen-bond acceptors (Lipinski definition) is 5. The lowest BCUT2D eigenvalue weighted by Crippen LogP contribution is -2.39. The summed E-state index contributed by atoms with van der Waals surface area (Å²) < 4.78 is 0. The van der Waals surface area contributed by atoms with Gasteiger partial charge in [-0.3, -0.25) is 24.1 Å². The van der Waals surface area contributed by atoms with Crippen molar-refractivity contribution in [3.63, 3.8) is 0 Å². The Morgan fingerprint density at radius 1 is 1.12 bits per heavy atom. The summed E-state index contributed by atoms with van der Waals surface area (Å²) in [5.41, 5.74) is 2.29. The van der Waals surface area contributed by atoms with Crippen LogP contribution in [0.5, 0.6) is 5.75 Å². The molecular formula is C25H22ClNO5. The zero-order valence-corrected chi connectivity index (χ0v) is 18.5. The van der Waals surface area contributed by atoms with Crippen LogP contribution in [-0.2, 0) is 19.2 Å². The number of imide groups is 1. The van der Waals surface area contributed by atoms with E-state index in [4.69, 9.17) is 11.6 Å². The van der Waals surface area contributed by atoms with Crippen LogP contribution in [-0.4, -0.2) is 39.9 Å². The van der Waals surface area contributed by atoms with Crippen molar-refractivity contribution >= 4 is 35.0 Å². The van der Waals surface area contributed by atoms with Crippen LogP contribution in [0.4, 0.5) is 0 Å². The van der Waals surface area contributed by atoms with Gasteiger partial charge in [0.05, 0.1) is 11.8 Å². The van der Waals surface area contributed by atoms with Gasteiger partial charge in [0.15, 0.2) is 11.6 Å². The van der Waals surface area contributed by atoms with Crippen LogP contribution in [0.15, 0.2) is 52.6 Å². The predicted molar refractivity (Wildman–Crippen MR) is 117 cm³/mol. The molecule has 1 aromatic carbocycles. The summed E-state index contributed by atoms with van der Waals surface area (Å²) in [7, 11) is 0. The molecule has 1 saturated heterocycles. The minimum Gasteiger partial charge on any atom is -0.508 e. The van der Waals surface area contributed by atoms with Gasteiger partial charge in [-0.25, -0.2) is 0 Å². The lowest BCUT2D eigenvalue weighted by molar-refractivity contribution is -0.139. The van der Waals surface area contributed by atoms with E-state index in [0.29, 0.717) is 40.3 Å². The monoisotopic (exact) mass is 451 g/mol. The van der Waals surface area contributed by atoms with Gasteiger partial charge in [-0.05, 0) is 56.9 Å². The summed E-state index contributed by atoms with van der Waals surface area (Å²) >= 11 is 6.23. The Balaban J connectivity index is 1.73. The van der Waals surface area contributed by atoms with E-state index < -0.39 is 23.7 Å². The Bertz CT molecular complexity index is 1210. The number of rotatable bonds is 2. The number of halogens is 1. The van der Waals surface area contributed by atoms with Crippen molar-refractivity contribution < 1.29 is 24.3 Å². The number of benzene rings is 1. The van der Waals surface area contributed by atoms with Gasteiger partial charge in [-0.1, -0.05) is 23.3 Å². The van der Waals surface area contributed by atoms with E-state index in [9.17, 15) is 24.3 Å². The number of amides is 2. The van der Waals surface area contributed by atoms with Crippen LogP contribution in [0, 0.1) is 17.8 Å². The van der Waals surface area contributed by atoms with Crippen LogP contribution < -0.4 is 0 Å². The molecule has 164 valence electrons. The van der Waals surface area contributed by atoms with E-state index in [1.54, 1.807) is 26.0 Å². The number of fused-ring (bicyclic) bond motifs is 3. The van der Waals surface area contributed by atoms with Gasteiger partial charge in [0.2, 0.25) is 11.8 Å². The maximum atomic E-state index is 13.3. The molecule has 5 rings (SSSR count). The molecule has 4 aliphatic rings. The smallest absolute Gasteiger partial charge is 0.233 e. The third-order valence-corrected chi connectivity index (χ3v) is 7.51. The van der Waals surface area contributed by atoms with Crippen molar-refractivity contribution in [2.75, 3.05) is 6.54 Å². The molecule has 0 saturated carbocycles. The van der Waals surface area contributed by atoms with Gasteiger partial charge in [-0.2, -0.15) is 0 Å². The molecule has 2 amide bonds. The summed E-state index contributed by atoms with van der Waals surface area (Å²) in [5.74, 6) is -3.06. The van der Waals surface area contributed by atoms with Gasteiger partial charge in [0.1, 0.15) is 5.75 Å². The number of Topliss-reactive ketones (excluding diaryl/α,β-unsaturated/α-hetero) is 1. The summed E-state index contributed by atoms with van der Waals surface area (Å²) in [6.07, 6.45) is 3.88. The maximum absolute atomic E-state index is 13.3. The quantitative estimate of drug-likeness (QED) is 0.422. The number of carbonyl (C=O) groups is 4. The Kier molecular flexibility index (Phi) is 4.75. The van der Waals surface area contributed by atoms with E-state index in [1.165, 1.54) is 17.0 Å². The molecule has 0 radical (unpaired) electrons. The van der Waals surface area contributed by atoms with Crippen molar-refractivity contribution in [1.29, 1.82) is 0 Å². The van der Waals surface area contributed by atoms with Crippen molar-refractivity contribution in [2.45, 2.75) is 32.6 Å². The highest BCUT2D eigenvalue weighted by Crippen LogP contribution is 2.56. The largest absolute Gasteiger partial charge is 0.508 e. The van der Waals surface area contributed by atoms with Crippen LogP contribution >= 0.6 is 11.6 Å². The topological polar surface area (TPSA) is 91.8 Å². The Hall–Kier alpha value is -2.99. The number of aromatic hydroxyl groups is 1. The second-order valence-corrected chi connectivity index (χ2v) is 9.29. The zero-order chi connectivity index (χ0) is 22.9. The highest BCUT2D eigenvalue weighted by atomic mass is 35.5. The van der Waals surface area contributed by atoms with Crippen molar-refractivity contribution in [3.05, 3.63) is 63.2 Å². The van der Waals surface area contributed by atoms with Crippen molar-refractivity contribution in [2.24, 2.45) is 17.8 Å². The number of likely N-dealkylation sites (tertiary alicyclic amines) is 1. The van der Waals surface area contributed by atoms with E-state index in [-0.39, 0.29) is 35.6 Å². The number of phenolic OH excluding ortho intramolecular Hbond substituents is 1. The molecule has 0 unspecified atom stereocenters. The molecular weight excluding hydrogens is 430 g/mol. The fraction of sp³-hybridized carbons (Fsp3) is 0.360. The number of carbonyl (C=O) groups excluding carboxylic acids is 4. The third kappa shape index (κ3) is 2.78. The van der Waals surface area contributed by atoms with Crippen LogP contribution in [0.2, 0.25) is 5.02 Å². The van der Waals surface area contributed by atoms with Crippen LogP contribution in [0.1, 0.15) is 38.2 Å². The zero-order valence-electron chi connectivity index (χ0n) is 17.7. The average Bonchev–Trinajstić information content (AvgIpc) is 3.02. The van der Waals surface area contributed by atoms with E-state index >= 15 is 0 Å². The first-order chi connectivity index (χ1) is 15.2. The molecule has 1 aromatic rings. The van der Waals surface area contributed by atoms with Gasteiger partial charge < -0.3 is 5.11 Å². The Labute approximate surface area is 190 Å². The predicted octanol–water partition coefficient (Wildman–Crippen LogP) is 3.50. The van der Waals surface area contributed by atoms with Gasteiger partial charge >= 0.3 is 0 Å². The first kappa shape index (κ1) is 20.9. The molecule has 1 aliphatic heterocycles. The normalized spacial score (nSPS) is 29.5. The van der Waals surface area contributed by atoms with Crippen molar-refractivity contribution in [3.8, 4) is 5.75 Å². The number of ketones is 2. The molecule has 7 heteroatoms. The Morgan fingerprint density at radius 3 is 2.59 bits per heavy atom. The maximum Gasteiger partial charge on any atom is 0.233 e. The lowest BCUT2D eigenvalue weighted by atomic mass is 9.59. The van der Waals surface area contributed by atoms with E-state index in [1.807, 2.05) is 6.08 Å². The van der Waals surface area contributed by atoms with Crippen molar-refractivity contribution in [1.82, 2.24) is 4.90 Å².